The van der Waals surface area contributed by atoms with Crippen LogP contribution in [-0.2, 0) is 19.1 Å². The molecule has 34 heavy (non-hydrogen) atoms. The number of halogens is 12. The van der Waals surface area contributed by atoms with Crippen LogP contribution < -0.4 is 0 Å². The third kappa shape index (κ3) is 10.2. The highest BCUT2D eigenvalue weighted by atomic mass is 19.4. The number of rotatable bonds is 6. The van der Waals surface area contributed by atoms with Crippen molar-refractivity contribution in [3.8, 4) is 0 Å². The van der Waals surface area contributed by atoms with Gasteiger partial charge < -0.3 is 14.6 Å². The van der Waals surface area contributed by atoms with E-state index in [2.05, 4.69) is 22.6 Å². The van der Waals surface area contributed by atoms with E-state index >= 15 is 0 Å². The zero-order chi connectivity index (χ0) is 28.1. The van der Waals surface area contributed by atoms with Gasteiger partial charge in [-0.2, -0.15) is 52.7 Å². The molecule has 1 atom stereocenters. The lowest BCUT2D eigenvalue weighted by Crippen LogP contribution is -2.58. The Balaban J connectivity index is 0. The first-order valence-electron chi connectivity index (χ1n) is 8.40. The predicted octanol–water partition coefficient (Wildman–Crippen LogP) is 5.34. The molecule has 1 unspecified atom stereocenters. The average molecular weight is 530 g/mol. The molecule has 0 bridgehead atoms. The van der Waals surface area contributed by atoms with Gasteiger partial charge in [0.2, 0.25) is 0 Å². The second-order valence-electron chi connectivity index (χ2n) is 6.71. The summed E-state index contributed by atoms with van der Waals surface area (Å²) >= 11 is 0. The van der Waals surface area contributed by atoms with Crippen LogP contribution in [0.2, 0.25) is 0 Å². The highest BCUT2D eigenvalue weighted by Gasteiger charge is 2.70. The smallest absolute Gasteiger partial charge is 0.434 e. The van der Waals surface area contributed by atoms with Gasteiger partial charge in [0.05, 0.1) is 0 Å². The second kappa shape index (κ2) is 11.3. The molecule has 0 aromatic rings. The third-order valence-electron chi connectivity index (χ3n) is 3.35. The molecule has 0 spiro atoms. The standard InChI is InChI=1S/C10H12F6O3.C7H6F6O2/c1-5(2)7(17)19-6(3)4-8(18,9(11,12)13)10(14,15)16;1-3(2)4(14)15-5(6(8,9)10)7(11,12)13/h6,18H,1,4H2,2-3H3;5H,1H2,2H3. The molecular weight excluding hydrogens is 512 g/mol. The van der Waals surface area contributed by atoms with E-state index in [0.29, 0.717) is 0 Å². The molecule has 0 saturated carbocycles. The summed E-state index contributed by atoms with van der Waals surface area (Å²) in [5.41, 5.74) is -5.67. The first-order chi connectivity index (χ1) is 14.7. The number of hydrogen-bond acceptors (Lipinski definition) is 5. The minimum absolute atomic E-state index is 0.186. The Hall–Kier alpha value is -2.46. The zero-order valence-corrected chi connectivity index (χ0v) is 17.4. The van der Waals surface area contributed by atoms with Crippen LogP contribution in [0.5, 0.6) is 0 Å². The van der Waals surface area contributed by atoms with Crippen LogP contribution in [0, 0.1) is 0 Å². The van der Waals surface area contributed by atoms with Crippen LogP contribution in [-0.4, -0.2) is 59.6 Å². The van der Waals surface area contributed by atoms with Gasteiger partial charge in [-0.1, -0.05) is 13.2 Å². The number of carbonyl (C=O) groups is 2. The van der Waals surface area contributed by atoms with E-state index in [1.807, 2.05) is 0 Å². The Morgan fingerprint density at radius 1 is 0.735 bits per heavy atom. The summed E-state index contributed by atoms with van der Waals surface area (Å²) in [5, 5.41) is 8.84. The number of esters is 2. The predicted molar refractivity (Wildman–Crippen MR) is 88.8 cm³/mol. The molecule has 0 amide bonds. The van der Waals surface area contributed by atoms with Crippen LogP contribution in [0.3, 0.4) is 0 Å². The maximum absolute atomic E-state index is 12.3. The first kappa shape index (κ1) is 33.7. The maximum Gasteiger partial charge on any atom is 0.434 e. The molecule has 0 radical (unpaired) electrons. The minimum atomic E-state index is -5.94. The van der Waals surface area contributed by atoms with E-state index in [1.165, 1.54) is 6.92 Å². The van der Waals surface area contributed by atoms with Gasteiger partial charge in [-0.3, -0.25) is 0 Å². The van der Waals surface area contributed by atoms with Crippen molar-refractivity contribution in [1.29, 1.82) is 0 Å². The van der Waals surface area contributed by atoms with Crippen molar-refractivity contribution < 1.29 is 76.9 Å². The van der Waals surface area contributed by atoms with Crippen LogP contribution in [0.1, 0.15) is 27.2 Å². The molecule has 0 aliphatic rings. The summed E-state index contributed by atoms with van der Waals surface area (Å²) in [6.45, 7) is 8.90. The summed E-state index contributed by atoms with van der Waals surface area (Å²) in [4.78, 5) is 21.5. The van der Waals surface area contributed by atoms with Crippen molar-refractivity contribution >= 4 is 11.9 Å². The van der Waals surface area contributed by atoms with Gasteiger partial charge in [-0.05, 0) is 20.8 Å². The molecule has 5 nitrogen and oxygen atoms in total. The fraction of sp³-hybridized carbons (Fsp3) is 0.647. The minimum Gasteiger partial charge on any atom is -0.459 e. The van der Waals surface area contributed by atoms with Crippen molar-refractivity contribution in [2.75, 3.05) is 0 Å². The van der Waals surface area contributed by atoms with Crippen molar-refractivity contribution in [3.63, 3.8) is 0 Å². The van der Waals surface area contributed by atoms with Crippen LogP contribution in [0.25, 0.3) is 0 Å². The maximum atomic E-state index is 12.3. The van der Waals surface area contributed by atoms with Crippen molar-refractivity contribution in [3.05, 3.63) is 24.3 Å². The van der Waals surface area contributed by atoms with Crippen molar-refractivity contribution in [1.82, 2.24) is 0 Å². The van der Waals surface area contributed by atoms with Gasteiger partial charge in [0.15, 0.2) is 0 Å². The summed E-state index contributed by atoms with van der Waals surface area (Å²) in [5.74, 6) is -2.88. The molecule has 0 heterocycles. The number of ether oxygens (including phenoxy) is 2. The quantitative estimate of drug-likeness (QED) is 0.285. The van der Waals surface area contributed by atoms with Crippen LogP contribution in [0.4, 0.5) is 52.7 Å². The van der Waals surface area contributed by atoms with E-state index in [-0.39, 0.29) is 5.57 Å². The van der Waals surface area contributed by atoms with Gasteiger partial charge in [0, 0.05) is 17.6 Å². The average Bonchev–Trinajstić information content (AvgIpc) is 2.55. The lowest BCUT2D eigenvalue weighted by molar-refractivity contribution is -0.373. The summed E-state index contributed by atoms with van der Waals surface area (Å²) in [6, 6.07) is 0. The van der Waals surface area contributed by atoms with E-state index in [9.17, 15) is 62.3 Å². The molecule has 1 N–H and O–H groups in total. The number of alkyl halides is 12. The summed E-state index contributed by atoms with van der Waals surface area (Å²) < 4.78 is 152. The molecule has 200 valence electrons. The Morgan fingerprint density at radius 2 is 1.03 bits per heavy atom. The third-order valence-corrected chi connectivity index (χ3v) is 3.35. The Morgan fingerprint density at radius 3 is 1.26 bits per heavy atom. The molecule has 0 aromatic heterocycles. The topological polar surface area (TPSA) is 72.8 Å². The number of hydrogen-bond donors (Lipinski definition) is 1. The molecule has 0 rings (SSSR count). The molecule has 0 aliphatic heterocycles. The number of carbonyl (C=O) groups excluding carboxylic acids is 2. The van der Waals surface area contributed by atoms with E-state index < -0.39 is 66.4 Å². The fourth-order valence-electron chi connectivity index (χ4n) is 1.66. The van der Waals surface area contributed by atoms with Gasteiger partial charge in [-0.15, -0.1) is 0 Å². The van der Waals surface area contributed by atoms with E-state index in [1.54, 1.807) is 0 Å². The van der Waals surface area contributed by atoms with Crippen LogP contribution >= 0.6 is 0 Å². The Kier molecular flexibility index (Phi) is 11.2. The summed E-state index contributed by atoms with van der Waals surface area (Å²) in [6.07, 6.45) is -31.0. The molecule has 0 aliphatic carbocycles. The highest BCUT2D eigenvalue weighted by molar-refractivity contribution is 5.87. The lowest BCUT2D eigenvalue weighted by atomic mass is 9.95. The van der Waals surface area contributed by atoms with Crippen molar-refractivity contribution in [2.45, 2.75) is 69.7 Å². The molecule has 0 aromatic carbocycles. The van der Waals surface area contributed by atoms with Gasteiger partial charge in [-0.25, -0.2) is 9.59 Å². The molecule has 0 fully saturated rings. The normalized spacial score (nSPS) is 14.0. The lowest BCUT2D eigenvalue weighted by Gasteiger charge is -2.33. The fourth-order valence-corrected chi connectivity index (χ4v) is 1.66. The van der Waals surface area contributed by atoms with E-state index in [0.717, 1.165) is 13.8 Å². The second-order valence-corrected chi connectivity index (χ2v) is 6.71. The SMILES string of the molecule is C=C(C)C(=O)OC(C(F)(F)F)C(F)(F)F.C=C(C)C(=O)OC(C)CC(O)(C(F)(F)F)C(F)(F)F. The largest absolute Gasteiger partial charge is 0.459 e. The summed E-state index contributed by atoms with van der Waals surface area (Å²) in [7, 11) is 0. The monoisotopic (exact) mass is 530 g/mol. The van der Waals surface area contributed by atoms with Gasteiger partial charge >= 0.3 is 36.6 Å². The molecule has 17 heteroatoms. The van der Waals surface area contributed by atoms with Crippen molar-refractivity contribution in [2.24, 2.45) is 0 Å². The molecule has 0 saturated heterocycles. The zero-order valence-electron chi connectivity index (χ0n) is 17.4. The number of aliphatic hydroxyl groups is 1. The van der Waals surface area contributed by atoms with E-state index in [4.69, 9.17) is 5.11 Å². The molecular formula is C17H18F12O5. The Labute approximate surface area is 184 Å². The van der Waals surface area contributed by atoms with Gasteiger partial charge in [0.1, 0.15) is 6.10 Å². The first-order valence-corrected chi connectivity index (χ1v) is 8.40. The van der Waals surface area contributed by atoms with Crippen LogP contribution in [0.15, 0.2) is 24.3 Å². The van der Waals surface area contributed by atoms with Gasteiger partial charge in [0.25, 0.3) is 11.7 Å². The highest BCUT2D eigenvalue weighted by Crippen LogP contribution is 2.46. The Bertz CT molecular complexity index is 718.